The highest BCUT2D eigenvalue weighted by Crippen LogP contribution is 2.20. The van der Waals surface area contributed by atoms with Gasteiger partial charge in [-0.3, -0.25) is 4.98 Å². The van der Waals surface area contributed by atoms with Gasteiger partial charge in [0.05, 0.1) is 5.69 Å². The molecule has 0 saturated carbocycles. The maximum atomic E-state index is 4.49. The van der Waals surface area contributed by atoms with Crippen molar-refractivity contribution in [2.45, 2.75) is 25.8 Å². The molecule has 96 valence electrons. The van der Waals surface area contributed by atoms with Crippen LogP contribution in [0.25, 0.3) is 0 Å². The molecular weight excluding hydrogens is 308 g/mol. The van der Waals surface area contributed by atoms with E-state index in [1.165, 1.54) is 5.56 Å². The zero-order valence-electron chi connectivity index (χ0n) is 10.4. The van der Waals surface area contributed by atoms with Crippen LogP contribution in [0.15, 0.2) is 39.6 Å². The van der Waals surface area contributed by atoms with Gasteiger partial charge in [0.1, 0.15) is 0 Å². The summed E-state index contributed by atoms with van der Waals surface area (Å²) in [4.78, 5) is 4.49. The Balaban J connectivity index is 2.01. The summed E-state index contributed by atoms with van der Waals surface area (Å²) in [5.41, 5.74) is 2.54. The van der Waals surface area contributed by atoms with Gasteiger partial charge < -0.3 is 5.32 Å². The minimum atomic E-state index is 0.336. The lowest BCUT2D eigenvalue weighted by molar-refractivity contribution is 0.504. The van der Waals surface area contributed by atoms with Crippen LogP contribution in [0.3, 0.4) is 0 Å². The van der Waals surface area contributed by atoms with Crippen LogP contribution in [0, 0.1) is 0 Å². The first-order chi connectivity index (χ1) is 8.79. The third-order valence-electron chi connectivity index (χ3n) is 2.86. The van der Waals surface area contributed by atoms with Crippen LogP contribution in [0.5, 0.6) is 0 Å². The van der Waals surface area contributed by atoms with Crippen LogP contribution < -0.4 is 5.32 Å². The Labute approximate surface area is 121 Å². The van der Waals surface area contributed by atoms with Gasteiger partial charge in [-0.25, -0.2) is 0 Å². The lowest BCUT2D eigenvalue weighted by Crippen LogP contribution is -2.22. The van der Waals surface area contributed by atoms with E-state index in [0.717, 1.165) is 29.6 Å². The van der Waals surface area contributed by atoms with Crippen molar-refractivity contribution in [1.82, 2.24) is 10.3 Å². The van der Waals surface area contributed by atoms with E-state index >= 15 is 0 Å². The highest BCUT2D eigenvalue weighted by atomic mass is 79.9. The van der Waals surface area contributed by atoms with Gasteiger partial charge in [0.25, 0.3) is 0 Å². The van der Waals surface area contributed by atoms with Gasteiger partial charge in [0.15, 0.2) is 0 Å². The molecule has 0 saturated heterocycles. The van der Waals surface area contributed by atoms with Gasteiger partial charge in [-0.05, 0) is 69.8 Å². The summed E-state index contributed by atoms with van der Waals surface area (Å²) in [7, 11) is 0. The Bertz CT molecular complexity index is 453. The molecule has 0 spiro atoms. The van der Waals surface area contributed by atoms with E-state index in [1.54, 1.807) is 11.3 Å². The van der Waals surface area contributed by atoms with Gasteiger partial charge in [-0.1, -0.05) is 6.92 Å². The van der Waals surface area contributed by atoms with Crippen LogP contribution >= 0.6 is 27.3 Å². The first-order valence-corrected chi connectivity index (χ1v) is 7.89. The fraction of sp³-hybridized carbons (Fsp3) is 0.357. The number of thiophene rings is 1. The standard InChI is InChI=1S/C14H17BrN2S/c1-2-16-13(5-3-11-7-8-18-10-11)14-6-4-12(15)9-17-14/h4,6-10,13,16H,2-3,5H2,1H3. The third kappa shape index (κ3) is 3.90. The Hall–Kier alpha value is -0.710. The van der Waals surface area contributed by atoms with Gasteiger partial charge in [-0.2, -0.15) is 11.3 Å². The molecule has 0 amide bonds. The molecule has 0 aromatic carbocycles. The molecule has 18 heavy (non-hydrogen) atoms. The van der Waals surface area contributed by atoms with Crippen LogP contribution in [-0.4, -0.2) is 11.5 Å². The van der Waals surface area contributed by atoms with Crippen molar-refractivity contribution in [2.24, 2.45) is 0 Å². The molecule has 2 rings (SSSR count). The minimum Gasteiger partial charge on any atom is -0.309 e. The molecule has 0 radical (unpaired) electrons. The molecule has 4 heteroatoms. The van der Waals surface area contributed by atoms with Crippen molar-refractivity contribution in [3.05, 3.63) is 50.9 Å². The SMILES string of the molecule is CCNC(CCc1ccsc1)c1ccc(Br)cn1. The molecule has 0 aliphatic heterocycles. The summed E-state index contributed by atoms with van der Waals surface area (Å²) in [6, 6.07) is 6.67. The van der Waals surface area contributed by atoms with Crippen molar-refractivity contribution >= 4 is 27.3 Å². The normalized spacial score (nSPS) is 12.6. The number of aryl methyl sites for hydroxylation is 1. The molecule has 1 atom stereocenters. The molecule has 0 bridgehead atoms. The molecular formula is C14H17BrN2S. The number of hydrogen-bond donors (Lipinski definition) is 1. The van der Waals surface area contributed by atoms with Crippen molar-refractivity contribution in [3.8, 4) is 0 Å². The van der Waals surface area contributed by atoms with Crippen LogP contribution in [0.2, 0.25) is 0 Å². The highest BCUT2D eigenvalue weighted by Gasteiger charge is 2.11. The van der Waals surface area contributed by atoms with Crippen molar-refractivity contribution < 1.29 is 0 Å². The van der Waals surface area contributed by atoms with E-state index in [2.05, 4.69) is 62.1 Å². The van der Waals surface area contributed by atoms with Crippen molar-refractivity contribution in [3.63, 3.8) is 0 Å². The predicted molar refractivity (Wildman–Crippen MR) is 81.0 cm³/mol. The van der Waals surface area contributed by atoms with E-state index in [4.69, 9.17) is 0 Å². The Morgan fingerprint density at radius 1 is 1.39 bits per heavy atom. The average molecular weight is 325 g/mol. The number of pyridine rings is 1. The Kier molecular flexibility index (Phi) is 5.35. The summed E-state index contributed by atoms with van der Waals surface area (Å²) >= 11 is 5.18. The number of aromatic nitrogens is 1. The number of nitrogens with zero attached hydrogens (tertiary/aromatic N) is 1. The first-order valence-electron chi connectivity index (χ1n) is 6.15. The van der Waals surface area contributed by atoms with Gasteiger partial charge in [0, 0.05) is 16.7 Å². The molecule has 2 nitrogen and oxygen atoms in total. The number of rotatable bonds is 6. The molecule has 1 unspecified atom stereocenters. The number of hydrogen-bond acceptors (Lipinski definition) is 3. The molecule has 2 aromatic heterocycles. The first kappa shape index (κ1) is 13.7. The maximum absolute atomic E-state index is 4.49. The van der Waals surface area contributed by atoms with E-state index < -0.39 is 0 Å². The monoisotopic (exact) mass is 324 g/mol. The molecule has 0 aliphatic rings. The fourth-order valence-corrected chi connectivity index (χ4v) is 2.88. The highest BCUT2D eigenvalue weighted by molar-refractivity contribution is 9.10. The molecule has 2 heterocycles. The Morgan fingerprint density at radius 2 is 2.28 bits per heavy atom. The second-order valence-electron chi connectivity index (χ2n) is 4.18. The zero-order chi connectivity index (χ0) is 12.8. The summed E-state index contributed by atoms with van der Waals surface area (Å²) in [6.07, 6.45) is 4.04. The topological polar surface area (TPSA) is 24.9 Å². The van der Waals surface area contributed by atoms with Crippen molar-refractivity contribution in [2.75, 3.05) is 6.54 Å². The molecule has 1 N–H and O–H groups in total. The lowest BCUT2D eigenvalue weighted by atomic mass is 10.0. The summed E-state index contributed by atoms with van der Waals surface area (Å²) in [5.74, 6) is 0. The van der Waals surface area contributed by atoms with Crippen LogP contribution in [0.1, 0.15) is 30.6 Å². The van der Waals surface area contributed by atoms with Crippen LogP contribution in [-0.2, 0) is 6.42 Å². The zero-order valence-corrected chi connectivity index (χ0v) is 12.8. The third-order valence-corrected chi connectivity index (χ3v) is 4.06. The second kappa shape index (κ2) is 7.02. The predicted octanol–water partition coefficient (Wildman–Crippen LogP) is 4.19. The van der Waals surface area contributed by atoms with E-state index in [9.17, 15) is 0 Å². The molecule has 0 aliphatic carbocycles. The summed E-state index contributed by atoms with van der Waals surface area (Å²) in [6.45, 7) is 3.10. The number of nitrogens with one attached hydrogen (secondary N) is 1. The Morgan fingerprint density at radius 3 is 2.89 bits per heavy atom. The van der Waals surface area contributed by atoms with E-state index in [0.29, 0.717) is 6.04 Å². The lowest BCUT2D eigenvalue weighted by Gasteiger charge is -2.17. The quantitative estimate of drug-likeness (QED) is 0.861. The van der Waals surface area contributed by atoms with Crippen molar-refractivity contribution in [1.29, 1.82) is 0 Å². The smallest absolute Gasteiger partial charge is 0.0574 e. The summed E-state index contributed by atoms with van der Waals surface area (Å²) in [5, 5.41) is 7.86. The van der Waals surface area contributed by atoms with Gasteiger partial charge in [-0.15, -0.1) is 0 Å². The molecule has 0 fully saturated rings. The summed E-state index contributed by atoms with van der Waals surface area (Å²) < 4.78 is 1.03. The maximum Gasteiger partial charge on any atom is 0.0574 e. The fourth-order valence-electron chi connectivity index (χ4n) is 1.94. The van der Waals surface area contributed by atoms with E-state index in [1.807, 2.05) is 6.20 Å². The van der Waals surface area contributed by atoms with E-state index in [-0.39, 0.29) is 0 Å². The second-order valence-corrected chi connectivity index (χ2v) is 5.88. The minimum absolute atomic E-state index is 0.336. The molecule has 2 aromatic rings. The number of halogens is 1. The average Bonchev–Trinajstić information content (AvgIpc) is 2.89. The largest absolute Gasteiger partial charge is 0.309 e. The van der Waals surface area contributed by atoms with Gasteiger partial charge in [0.2, 0.25) is 0 Å². The van der Waals surface area contributed by atoms with Gasteiger partial charge >= 0.3 is 0 Å². The van der Waals surface area contributed by atoms with Crippen LogP contribution in [0.4, 0.5) is 0 Å².